The van der Waals surface area contributed by atoms with Crippen molar-refractivity contribution in [2.24, 2.45) is 0 Å². The second-order valence-electron chi connectivity index (χ2n) is 4.88. The van der Waals surface area contributed by atoms with Gasteiger partial charge in [-0.2, -0.15) is 0 Å². The average Bonchev–Trinajstić information content (AvgIpc) is 2.39. The molecule has 0 saturated carbocycles. The molecule has 2 aromatic carbocycles. The van der Waals surface area contributed by atoms with Crippen LogP contribution in [0.15, 0.2) is 36.4 Å². The number of aryl methyl sites for hydroxylation is 2. The molecule has 104 valence electrons. The largest absolute Gasteiger partial charge is 0.507 e. The van der Waals surface area contributed by atoms with Crippen LogP contribution in [0, 0.1) is 17.4 Å². The third-order valence-electron chi connectivity index (χ3n) is 3.09. The van der Waals surface area contributed by atoms with Crippen molar-refractivity contribution in [1.29, 1.82) is 0 Å². The highest BCUT2D eigenvalue weighted by molar-refractivity contribution is 14.1. The number of aromatic hydroxyl groups is 1. The minimum absolute atomic E-state index is 0.130. The van der Waals surface area contributed by atoms with E-state index in [0.717, 1.165) is 20.4 Å². The smallest absolute Gasteiger partial charge is 0.258 e. The Hall–Kier alpha value is -1.56. The summed E-state index contributed by atoms with van der Waals surface area (Å²) in [6, 6.07) is 11.0. The molecular weight excluding hydrogens is 365 g/mol. The molecule has 0 aliphatic rings. The normalized spacial score (nSPS) is 10.4. The number of amides is 1. The molecule has 2 aromatic rings. The fourth-order valence-electron chi connectivity index (χ4n) is 2.10. The highest BCUT2D eigenvalue weighted by Crippen LogP contribution is 2.23. The van der Waals surface area contributed by atoms with Crippen LogP contribution in [0.25, 0.3) is 0 Å². The highest BCUT2D eigenvalue weighted by Gasteiger charge is 2.15. The molecule has 1 N–H and O–H groups in total. The molecule has 20 heavy (non-hydrogen) atoms. The van der Waals surface area contributed by atoms with Gasteiger partial charge in [0, 0.05) is 18.3 Å². The average molecular weight is 381 g/mol. The molecule has 0 heterocycles. The van der Waals surface area contributed by atoms with Crippen molar-refractivity contribution < 1.29 is 9.90 Å². The number of phenolic OH excluding ortho intramolecular Hbond substituents is 1. The zero-order valence-electron chi connectivity index (χ0n) is 11.6. The quantitative estimate of drug-likeness (QED) is 0.802. The Morgan fingerprint density at radius 1 is 1.10 bits per heavy atom. The fourth-order valence-corrected chi connectivity index (χ4v) is 2.44. The Balaban J connectivity index is 2.34. The molecule has 4 heteroatoms. The SMILES string of the molecule is Cc1cc(C)cc(N(C)C(=O)c2ccc(I)c(O)c2)c1. The van der Waals surface area contributed by atoms with Gasteiger partial charge in [-0.3, -0.25) is 4.79 Å². The minimum Gasteiger partial charge on any atom is -0.507 e. The van der Waals surface area contributed by atoms with E-state index in [-0.39, 0.29) is 11.7 Å². The van der Waals surface area contributed by atoms with Crippen LogP contribution < -0.4 is 4.90 Å². The van der Waals surface area contributed by atoms with Gasteiger partial charge in [0.25, 0.3) is 5.91 Å². The van der Waals surface area contributed by atoms with E-state index in [2.05, 4.69) is 6.07 Å². The number of carbonyl (C=O) groups is 1. The van der Waals surface area contributed by atoms with Gasteiger partial charge in [-0.05, 0) is 77.9 Å². The molecule has 0 radical (unpaired) electrons. The first-order valence-electron chi connectivity index (χ1n) is 6.23. The molecule has 0 bridgehead atoms. The fraction of sp³-hybridized carbons (Fsp3) is 0.188. The predicted molar refractivity (Wildman–Crippen MR) is 89.5 cm³/mol. The van der Waals surface area contributed by atoms with Gasteiger partial charge >= 0.3 is 0 Å². The summed E-state index contributed by atoms with van der Waals surface area (Å²) in [6.45, 7) is 4.01. The van der Waals surface area contributed by atoms with Crippen LogP contribution in [0.4, 0.5) is 5.69 Å². The van der Waals surface area contributed by atoms with Gasteiger partial charge in [0.2, 0.25) is 0 Å². The van der Waals surface area contributed by atoms with Gasteiger partial charge in [-0.25, -0.2) is 0 Å². The van der Waals surface area contributed by atoms with Crippen LogP contribution in [-0.4, -0.2) is 18.1 Å². The highest BCUT2D eigenvalue weighted by atomic mass is 127. The van der Waals surface area contributed by atoms with Crippen LogP contribution in [0.2, 0.25) is 0 Å². The molecule has 0 fully saturated rings. The maximum atomic E-state index is 12.4. The standard InChI is InChI=1S/C16H16INO2/c1-10-6-11(2)8-13(7-10)18(3)16(20)12-4-5-14(17)15(19)9-12/h4-9,19H,1-3H3. The predicted octanol–water partition coefficient (Wildman–Crippen LogP) is 3.89. The van der Waals surface area contributed by atoms with Crippen LogP contribution in [0.5, 0.6) is 5.75 Å². The van der Waals surface area contributed by atoms with E-state index in [0.29, 0.717) is 5.56 Å². The summed E-state index contributed by atoms with van der Waals surface area (Å²) in [5.41, 5.74) is 3.56. The molecule has 0 spiro atoms. The number of carbonyl (C=O) groups excluding carboxylic acids is 1. The van der Waals surface area contributed by atoms with Crippen molar-refractivity contribution in [2.45, 2.75) is 13.8 Å². The number of halogens is 1. The maximum absolute atomic E-state index is 12.4. The summed E-state index contributed by atoms with van der Waals surface area (Å²) < 4.78 is 0.730. The zero-order valence-corrected chi connectivity index (χ0v) is 13.8. The lowest BCUT2D eigenvalue weighted by atomic mass is 10.1. The molecule has 0 aliphatic carbocycles. The molecule has 0 aliphatic heterocycles. The Kier molecular flexibility index (Phi) is 4.32. The van der Waals surface area contributed by atoms with Crippen molar-refractivity contribution in [3.63, 3.8) is 0 Å². The van der Waals surface area contributed by atoms with Gasteiger partial charge in [0.15, 0.2) is 0 Å². The van der Waals surface area contributed by atoms with Crippen molar-refractivity contribution in [2.75, 3.05) is 11.9 Å². The summed E-state index contributed by atoms with van der Waals surface area (Å²) in [5, 5.41) is 9.71. The van der Waals surface area contributed by atoms with Gasteiger partial charge in [-0.1, -0.05) is 6.07 Å². The Morgan fingerprint density at radius 3 is 2.25 bits per heavy atom. The molecule has 0 unspecified atom stereocenters. The van der Waals surface area contributed by atoms with Crippen LogP contribution in [0.1, 0.15) is 21.5 Å². The first-order valence-corrected chi connectivity index (χ1v) is 7.31. The molecule has 0 aromatic heterocycles. The van der Waals surface area contributed by atoms with Gasteiger partial charge in [-0.15, -0.1) is 0 Å². The zero-order chi connectivity index (χ0) is 14.9. The van der Waals surface area contributed by atoms with E-state index in [1.54, 1.807) is 24.1 Å². The Morgan fingerprint density at radius 2 is 1.70 bits per heavy atom. The number of phenols is 1. The third kappa shape index (κ3) is 3.12. The second-order valence-corrected chi connectivity index (χ2v) is 6.04. The van der Waals surface area contributed by atoms with Gasteiger partial charge in [0.1, 0.15) is 5.75 Å². The first-order chi connectivity index (χ1) is 9.38. The lowest BCUT2D eigenvalue weighted by Crippen LogP contribution is -2.26. The van der Waals surface area contributed by atoms with E-state index in [1.807, 2.05) is 48.6 Å². The third-order valence-corrected chi connectivity index (χ3v) is 4.00. The van der Waals surface area contributed by atoms with Crippen LogP contribution in [0.3, 0.4) is 0 Å². The molecular formula is C16H16INO2. The molecule has 1 amide bonds. The Bertz CT molecular complexity index is 647. The lowest BCUT2D eigenvalue weighted by Gasteiger charge is -2.19. The number of anilines is 1. The topological polar surface area (TPSA) is 40.5 Å². The minimum atomic E-state index is -0.137. The van der Waals surface area contributed by atoms with E-state index in [1.165, 1.54) is 6.07 Å². The van der Waals surface area contributed by atoms with Crippen LogP contribution in [-0.2, 0) is 0 Å². The van der Waals surface area contributed by atoms with E-state index < -0.39 is 0 Å². The second kappa shape index (κ2) is 5.83. The summed E-state index contributed by atoms with van der Waals surface area (Å²) in [7, 11) is 1.74. The number of rotatable bonds is 2. The van der Waals surface area contributed by atoms with Gasteiger partial charge in [0.05, 0.1) is 3.57 Å². The van der Waals surface area contributed by atoms with E-state index >= 15 is 0 Å². The van der Waals surface area contributed by atoms with E-state index in [9.17, 15) is 9.90 Å². The van der Waals surface area contributed by atoms with Crippen molar-refractivity contribution in [3.8, 4) is 5.75 Å². The van der Waals surface area contributed by atoms with E-state index in [4.69, 9.17) is 0 Å². The Labute approximate surface area is 132 Å². The molecule has 0 atom stereocenters. The van der Waals surface area contributed by atoms with Crippen molar-refractivity contribution >= 4 is 34.2 Å². The molecule has 3 nitrogen and oxygen atoms in total. The van der Waals surface area contributed by atoms with Crippen molar-refractivity contribution in [3.05, 3.63) is 56.7 Å². The monoisotopic (exact) mass is 381 g/mol. The first kappa shape index (κ1) is 14.8. The molecule has 2 rings (SSSR count). The van der Waals surface area contributed by atoms with Crippen molar-refractivity contribution in [1.82, 2.24) is 0 Å². The summed E-state index contributed by atoms with van der Waals surface area (Å²) in [4.78, 5) is 14.0. The number of benzene rings is 2. The number of hydrogen-bond donors (Lipinski definition) is 1. The maximum Gasteiger partial charge on any atom is 0.258 e. The number of nitrogens with zero attached hydrogens (tertiary/aromatic N) is 1. The summed E-state index contributed by atoms with van der Waals surface area (Å²) in [6.07, 6.45) is 0. The summed E-state index contributed by atoms with van der Waals surface area (Å²) >= 11 is 2.03. The lowest BCUT2D eigenvalue weighted by molar-refractivity contribution is 0.0992. The van der Waals surface area contributed by atoms with Gasteiger partial charge < -0.3 is 10.0 Å². The van der Waals surface area contributed by atoms with Crippen LogP contribution >= 0.6 is 22.6 Å². The number of hydrogen-bond acceptors (Lipinski definition) is 2. The molecule has 0 saturated heterocycles. The summed E-state index contributed by atoms with van der Waals surface area (Å²) in [5.74, 6) is -0.00743.